The predicted octanol–water partition coefficient (Wildman–Crippen LogP) is 3.21. The molecule has 0 spiro atoms. The number of aromatic nitrogens is 1. The van der Waals surface area contributed by atoms with Crippen molar-refractivity contribution in [1.29, 1.82) is 0 Å². The Balaban J connectivity index is 1.92. The van der Waals surface area contributed by atoms with E-state index in [0.29, 0.717) is 6.04 Å². The number of halogens is 2. The van der Waals surface area contributed by atoms with Crippen molar-refractivity contribution in [3.63, 3.8) is 0 Å². The number of carbonyl (C=O) groups excluding carboxylic acids is 1. The Morgan fingerprint density at radius 2 is 2.22 bits per heavy atom. The predicted molar refractivity (Wildman–Crippen MR) is 87.9 cm³/mol. The van der Waals surface area contributed by atoms with Crippen LogP contribution < -0.4 is 10.6 Å². The third kappa shape index (κ3) is 3.35. The van der Waals surface area contributed by atoms with Gasteiger partial charge in [-0.15, -0.1) is 0 Å². The maximum Gasteiger partial charge on any atom is 0.263 e. The Morgan fingerprint density at radius 3 is 2.87 bits per heavy atom. The molecule has 1 saturated carbocycles. The average Bonchev–Trinajstić information content (AvgIpc) is 3.19. The molecule has 5 nitrogen and oxygen atoms in total. The van der Waals surface area contributed by atoms with Crippen molar-refractivity contribution in [3.8, 4) is 11.3 Å². The second kappa shape index (κ2) is 6.25. The Morgan fingerprint density at radius 1 is 1.48 bits per heavy atom. The fourth-order valence-corrected chi connectivity index (χ4v) is 2.66. The van der Waals surface area contributed by atoms with Gasteiger partial charge in [-0.3, -0.25) is 10.1 Å². The van der Waals surface area contributed by atoms with E-state index in [4.69, 9.17) is 28.3 Å². The molecule has 1 amide bonds. The average molecular weight is 354 g/mol. The van der Waals surface area contributed by atoms with Crippen molar-refractivity contribution in [2.24, 2.45) is 0 Å². The van der Waals surface area contributed by atoms with Crippen LogP contribution in [0.4, 0.5) is 4.39 Å². The number of thiocarbonyl (C=S) groups is 1. The summed E-state index contributed by atoms with van der Waals surface area (Å²) in [6, 6.07) is 4.55. The van der Waals surface area contributed by atoms with Crippen molar-refractivity contribution in [2.45, 2.75) is 25.8 Å². The third-order valence-corrected chi connectivity index (χ3v) is 3.96. The zero-order chi connectivity index (χ0) is 16.6. The lowest BCUT2D eigenvalue weighted by molar-refractivity contribution is 0.0975. The monoisotopic (exact) mass is 353 g/mol. The first-order valence-electron chi connectivity index (χ1n) is 7.00. The van der Waals surface area contributed by atoms with Crippen LogP contribution in [0.3, 0.4) is 0 Å². The van der Waals surface area contributed by atoms with Gasteiger partial charge in [0.25, 0.3) is 5.91 Å². The Labute approximate surface area is 142 Å². The van der Waals surface area contributed by atoms with Crippen LogP contribution in [0.5, 0.6) is 0 Å². The third-order valence-electron chi connectivity index (χ3n) is 3.43. The minimum absolute atomic E-state index is 0.0252. The number of amides is 1. The lowest BCUT2D eigenvalue weighted by atomic mass is 10.1. The number of rotatable bonds is 3. The SMILES string of the molecule is Cc1onc(-c2c(F)cccc2Cl)c1C(=O)NC(=S)NC1CC1. The highest BCUT2D eigenvalue weighted by Gasteiger charge is 2.27. The fraction of sp³-hybridized carbons (Fsp3) is 0.267. The molecule has 3 rings (SSSR count). The van der Waals surface area contributed by atoms with Gasteiger partial charge in [0, 0.05) is 6.04 Å². The molecule has 23 heavy (non-hydrogen) atoms. The van der Waals surface area contributed by atoms with E-state index in [1.807, 2.05) is 0 Å². The largest absolute Gasteiger partial charge is 0.360 e. The second-order valence-electron chi connectivity index (χ2n) is 5.26. The normalized spacial score (nSPS) is 13.7. The van der Waals surface area contributed by atoms with Crippen molar-refractivity contribution in [1.82, 2.24) is 15.8 Å². The zero-order valence-corrected chi connectivity index (χ0v) is 13.7. The van der Waals surface area contributed by atoms with Gasteiger partial charge in [-0.1, -0.05) is 22.8 Å². The minimum Gasteiger partial charge on any atom is -0.360 e. The molecule has 2 N–H and O–H groups in total. The Kier molecular flexibility index (Phi) is 4.32. The van der Waals surface area contributed by atoms with Crippen LogP contribution >= 0.6 is 23.8 Å². The van der Waals surface area contributed by atoms with E-state index >= 15 is 0 Å². The van der Waals surface area contributed by atoms with Gasteiger partial charge in [-0.2, -0.15) is 0 Å². The van der Waals surface area contributed by atoms with Crippen molar-refractivity contribution >= 4 is 34.8 Å². The van der Waals surface area contributed by atoms with E-state index in [0.717, 1.165) is 12.8 Å². The van der Waals surface area contributed by atoms with E-state index < -0.39 is 11.7 Å². The van der Waals surface area contributed by atoms with Gasteiger partial charge in [-0.05, 0) is 44.1 Å². The Hall–Kier alpha value is -1.99. The highest BCUT2D eigenvalue weighted by atomic mass is 35.5. The molecule has 1 fully saturated rings. The van der Waals surface area contributed by atoms with Gasteiger partial charge in [-0.25, -0.2) is 4.39 Å². The van der Waals surface area contributed by atoms with Gasteiger partial charge in [0.15, 0.2) is 5.11 Å². The molecule has 0 radical (unpaired) electrons. The number of hydrogen-bond donors (Lipinski definition) is 2. The lowest BCUT2D eigenvalue weighted by Gasteiger charge is -2.09. The molecule has 0 unspecified atom stereocenters. The summed E-state index contributed by atoms with van der Waals surface area (Å²) >= 11 is 11.1. The molecule has 0 atom stereocenters. The number of benzene rings is 1. The molecule has 1 aromatic heterocycles. The molecule has 1 aliphatic carbocycles. The van der Waals surface area contributed by atoms with Crippen LogP contribution in [0.15, 0.2) is 22.7 Å². The number of aryl methyl sites for hydroxylation is 1. The summed E-state index contributed by atoms with van der Waals surface area (Å²) in [5.41, 5.74) is 0.187. The van der Waals surface area contributed by atoms with E-state index in [2.05, 4.69) is 15.8 Å². The summed E-state index contributed by atoms with van der Waals surface area (Å²) in [7, 11) is 0. The lowest BCUT2D eigenvalue weighted by Crippen LogP contribution is -2.40. The second-order valence-corrected chi connectivity index (χ2v) is 6.08. The van der Waals surface area contributed by atoms with Crippen LogP contribution in [0, 0.1) is 12.7 Å². The minimum atomic E-state index is -0.585. The number of hydrogen-bond acceptors (Lipinski definition) is 4. The van der Waals surface area contributed by atoms with Crippen molar-refractivity contribution in [2.75, 3.05) is 0 Å². The highest BCUT2D eigenvalue weighted by Crippen LogP contribution is 2.33. The number of nitrogens with zero attached hydrogens (tertiary/aromatic N) is 1. The smallest absolute Gasteiger partial charge is 0.263 e. The van der Waals surface area contributed by atoms with Crippen molar-refractivity contribution in [3.05, 3.63) is 40.4 Å². The fourth-order valence-electron chi connectivity index (χ4n) is 2.15. The van der Waals surface area contributed by atoms with E-state index in [9.17, 15) is 9.18 Å². The van der Waals surface area contributed by atoms with Crippen LogP contribution in [0.25, 0.3) is 11.3 Å². The van der Waals surface area contributed by atoms with Gasteiger partial charge in [0.1, 0.15) is 22.8 Å². The molecule has 0 saturated heterocycles. The molecular formula is C15H13ClFN3O2S. The molecule has 0 aliphatic heterocycles. The first-order chi connectivity index (χ1) is 11.0. The zero-order valence-electron chi connectivity index (χ0n) is 12.2. The van der Waals surface area contributed by atoms with Crippen LogP contribution in [0.2, 0.25) is 5.02 Å². The van der Waals surface area contributed by atoms with Gasteiger partial charge >= 0.3 is 0 Å². The first-order valence-corrected chi connectivity index (χ1v) is 7.78. The quantitative estimate of drug-likeness (QED) is 0.829. The summed E-state index contributed by atoms with van der Waals surface area (Å²) < 4.78 is 19.2. The number of nitrogens with one attached hydrogen (secondary N) is 2. The highest BCUT2D eigenvalue weighted by molar-refractivity contribution is 7.80. The van der Waals surface area contributed by atoms with Crippen LogP contribution in [-0.2, 0) is 0 Å². The summed E-state index contributed by atoms with van der Waals surface area (Å²) in [6.07, 6.45) is 2.05. The molecule has 2 aromatic rings. The van der Waals surface area contributed by atoms with E-state index in [-0.39, 0.29) is 32.7 Å². The van der Waals surface area contributed by atoms with Gasteiger partial charge in [0.2, 0.25) is 0 Å². The molecular weight excluding hydrogens is 341 g/mol. The van der Waals surface area contributed by atoms with Crippen LogP contribution in [-0.4, -0.2) is 22.2 Å². The number of carbonyl (C=O) groups is 1. The van der Waals surface area contributed by atoms with E-state index in [1.54, 1.807) is 6.92 Å². The molecule has 0 bridgehead atoms. The first kappa shape index (κ1) is 15.9. The molecule has 1 aromatic carbocycles. The molecule has 1 aliphatic rings. The Bertz CT molecular complexity index is 769. The summed E-state index contributed by atoms with van der Waals surface area (Å²) in [5, 5.41) is 9.71. The summed E-state index contributed by atoms with van der Waals surface area (Å²) in [5.74, 6) is -0.846. The maximum absolute atomic E-state index is 14.1. The summed E-state index contributed by atoms with van der Waals surface area (Å²) in [6.45, 7) is 1.57. The van der Waals surface area contributed by atoms with Crippen LogP contribution in [0.1, 0.15) is 29.0 Å². The maximum atomic E-state index is 14.1. The summed E-state index contributed by atoms with van der Waals surface area (Å²) in [4.78, 5) is 12.5. The van der Waals surface area contributed by atoms with Gasteiger partial charge < -0.3 is 9.84 Å². The van der Waals surface area contributed by atoms with Crippen molar-refractivity contribution < 1.29 is 13.7 Å². The molecule has 1 heterocycles. The molecule has 8 heteroatoms. The molecule has 120 valence electrons. The van der Waals surface area contributed by atoms with E-state index in [1.165, 1.54) is 18.2 Å². The standard InChI is InChI=1S/C15H13ClFN3O2S/c1-7-11(14(21)19-15(23)18-8-5-6-8)13(20-22-7)12-9(16)3-2-4-10(12)17/h2-4,8H,5-6H2,1H3,(H2,18,19,21,23). The topological polar surface area (TPSA) is 67.2 Å². The van der Waals surface area contributed by atoms with Gasteiger partial charge in [0.05, 0.1) is 10.6 Å².